The second-order valence-corrected chi connectivity index (χ2v) is 8.95. The van der Waals surface area contributed by atoms with E-state index in [9.17, 15) is 4.39 Å². The first kappa shape index (κ1) is 19.8. The number of nitrogens with zero attached hydrogens (tertiary/aromatic N) is 4. The summed E-state index contributed by atoms with van der Waals surface area (Å²) >= 11 is 0. The second-order valence-electron chi connectivity index (χ2n) is 8.95. The zero-order valence-electron chi connectivity index (χ0n) is 17.5. The van der Waals surface area contributed by atoms with E-state index in [0.717, 1.165) is 30.7 Å². The van der Waals surface area contributed by atoms with Gasteiger partial charge in [-0.3, -0.25) is 5.10 Å². The van der Waals surface area contributed by atoms with Gasteiger partial charge in [-0.1, -0.05) is 20.8 Å². The highest BCUT2D eigenvalue weighted by Gasteiger charge is 2.34. The summed E-state index contributed by atoms with van der Waals surface area (Å²) in [6.45, 7) is 8.67. The summed E-state index contributed by atoms with van der Waals surface area (Å²) in [7, 11) is 2.04. The molecule has 0 aliphatic carbocycles. The summed E-state index contributed by atoms with van der Waals surface area (Å²) in [5.74, 6) is 0.960. The maximum absolute atomic E-state index is 14.7. The highest BCUT2D eigenvalue weighted by atomic mass is 19.1. The molecule has 3 aromatic heterocycles. The zero-order chi connectivity index (χ0) is 20.6. The predicted molar refractivity (Wildman–Crippen MR) is 114 cm³/mol. The Labute approximate surface area is 170 Å². The van der Waals surface area contributed by atoms with E-state index in [0.29, 0.717) is 29.0 Å². The Hall–Kier alpha value is -2.54. The van der Waals surface area contributed by atoms with E-state index in [2.05, 4.69) is 46.2 Å². The lowest BCUT2D eigenvalue weighted by Gasteiger charge is -2.42. The van der Waals surface area contributed by atoms with Gasteiger partial charge in [0.05, 0.1) is 5.69 Å². The quantitative estimate of drug-likeness (QED) is 0.697. The van der Waals surface area contributed by atoms with E-state index in [1.807, 2.05) is 19.2 Å². The molecule has 0 saturated carbocycles. The maximum Gasteiger partial charge on any atom is 0.181 e. The molecule has 2 atom stereocenters. The minimum Gasteiger partial charge on any atom is -0.356 e. The summed E-state index contributed by atoms with van der Waals surface area (Å²) < 4.78 is 14.7. The average molecular weight is 397 g/mol. The Morgan fingerprint density at radius 3 is 2.86 bits per heavy atom. The molecule has 7 heteroatoms. The van der Waals surface area contributed by atoms with Gasteiger partial charge in [0.2, 0.25) is 0 Å². The summed E-state index contributed by atoms with van der Waals surface area (Å²) in [6, 6.07) is 7.40. The molecule has 1 fully saturated rings. The zero-order valence-corrected chi connectivity index (χ0v) is 17.5. The standard InChI is InChI=1S/C22H29FN6/c1-22(2,3)20(24-4)14-7-6-12-29(13-14)17-10-9-16(23)19(26-17)18-15-8-5-11-25-21(15)28-27-18/h5,8-11,14,20,24H,6-7,12-13H2,1-4H3,(H,25,27,28). The summed E-state index contributed by atoms with van der Waals surface area (Å²) in [6.07, 6.45) is 3.96. The van der Waals surface area contributed by atoms with Crippen LogP contribution in [0.25, 0.3) is 22.4 Å². The van der Waals surface area contributed by atoms with Gasteiger partial charge in [-0.15, -0.1) is 0 Å². The third kappa shape index (κ3) is 3.83. The van der Waals surface area contributed by atoms with Crippen molar-refractivity contribution >= 4 is 16.9 Å². The molecule has 154 valence electrons. The van der Waals surface area contributed by atoms with Gasteiger partial charge in [-0.25, -0.2) is 14.4 Å². The molecule has 1 aliphatic rings. The Balaban J connectivity index is 1.65. The summed E-state index contributed by atoms with van der Waals surface area (Å²) in [5.41, 5.74) is 1.60. The lowest BCUT2D eigenvalue weighted by atomic mass is 9.76. The van der Waals surface area contributed by atoms with Crippen LogP contribution >= 0.6 is 0 Å². The minimum atomic E-state index is -0.362. The third-order valence-corrected chi connectivity index (χ3v) is 5.89. The van der Waals surface area contributed by atoms with Crippen LogP contribution in [0.1, 0.15) is 33.6 Å². The van der Waals surface area contributed by atoms with Gasteiger partial charge in [-0.2, -0.15) is 5.10 Å². The predicted octanol–water partition coefficient (Wildman–Crippen LogP) is 4.01. The molecule has 6 nitrogen and oxygen atoms in total. The fourth-order valence-electron chi connectivity index (χ4n) is 4.68. The van der Waals surface area contributed by atoms with E-state index in [1.165, 1.54) is 12.5 Å². The molecule has 4 rings (SSSR count). The lowest BCUT2D eigenvalue weighted by Crippen LogP contribution is -2.50. The van der Waals surface area contributed by atoms with Crippen LogP contribution in [0.3, 0.4) is 0 Å². The molecule has 0 aromatic carbocycles. The molecule has 2 N–H and O–H groups in total. The van der Waals surface area contributed by atoms with Gasteiger partial charge in [0.15, 0.2) is 11.5 Å². The molecule has 29 heavy (non-hydrogen) atoms. The Morgan fingerprint density at radius 1 is 1.28 bits per heavy atom. The van der Waals surface area contributed by atoms with Crippen LogP contribution in [0, 0.1) is 17.2 Å². The first-order valence-corrected chi connectivity index (χ1v) is 10.3. The summed E-state index contributed by atoms with van der Waals surface area (Å²) in [5, 5.41) is 11.4. The SMILES string of the molecule is CNC(C1CCCN(c2ccc(F)c(-c3[nH]nc4ncccc34)n2)C1)C(C)(C)C. The number of anilines is 1. The molecular weight excluding hydrogens is 367 g/mol. The van der Waals surface area contributed by atoms with Crippen molar-refractivity contribution in [2.75, 3.05) is 25.0 Å². The first-order chi connectivity index (χ1) is 13.9. The van der Waals surface area contributed by atoms with Crippen molar-refractivity contribution < 1.29 is 4.39 Å². The van der Waals surface area contributed by atoms with E-state index >= 15 is 0 Å². The van der Waals surface area contributed by atoms with Crippen molar-refractivity contribution in [3.05, 3.63) is 36.3 Å². The van der Waals surface area contributed by atoms with Gasteiger partial charge >= 0.3 is 0 Å². The van der Waals surface area contributed by atoms with E-state index < -0.39 is 0 Å². The minimum absolute atomic E-state index is 0.172. The van der Waals surface area contributed by atoms with Gasteiger partial charge in [0, 0.05) is 30.7 Å². The number of pyridine rings is 2. The lowest BCUT2D eigenvalue weighted by molar-refractivity contribution is 0.184. The Kier molecular flexibility index (Phi) is 5.25. The molecule has 3 aromatic rings. The molecule has 0 radical (unpaired) electrons. The number of piperidine rings is 1. The first-order valence-electron chi connectivity index (χ1n) is 10.3. The molecule has 0 spiro atoms. The second kappa shape index (κ2) is 7.71. The van der Waals surface area contributed by atoms with Crippen molar-refractivity contribution in [3.63, 3.8) is 0 Å². The molecule has 4 heterocycles. The number of aromatic amines is 1. The number of nitrogens with one attached hydrogen (secondary N) is 2. The topological polar surface area (TPSA) is 69.7 Å². The van der Waals surface area contributed by atoms with Crippen molar-refractivity contribution in [2.24, 2.45) is 11.3 Å². The molecule has 1 aliphatic heterocycles. The monoisotopic (exact) mass is 396 g/mol. The van der Waals surface area contributed by atoms with Crippen molar-refractivity contribution in [2.45, 2.75) is 39.7 Å². The molecule has 2 unspecified atom stereocenters. The highest BCUT2D eigenvalue weighted by Crippen LogP contribution is 2.33. The molecular formula is C22H29FN6. The van der Waals surface area contributed by atoms with Crippen LogP contribution < -0.4 is 10.2 Å². The largest absolute Gasteiger partial charge is 0.356 e. The number of H-pyrrole nitrogens is 1. The third-order valence-electron chi connectivity index (χ3n) is 5.89. The fraction of sp³-hybridized carbons (Fsp3) is 0.500. The number of hydrogen-bond donors (Lipinski definition) is 2. The Morgan fingerprint density at radius 2 is 2.10 bits per heavy atom. The highest BCUT2D eigenvalue weighted by molar-refractivity contribution is 5.89. The van der Waals surface area contributed by atoms with Crippen LogP contribution in [-0.4, -0.2) is 46.3 Å². The van der Waals surface area contributed by atoms with Crippen LogP contribution in [0.5, 0.6) is 0 Å². The van der Waals surface area contributed by atoms with Crippen LogP contribution in [0.15, 0.2) is 30.5 Å². The molecule has 0 amide bonds. The number of hydrogen-bond acceptors (Lipinski definition) is 5. The number of rotatable bonds is 4. The molecule has 1 saturated heterocycles. The van der Waals surface area contributed by atoms with E-state index in [1.54, 1.807) is 12.3 Å². The smallest absolute Gasteiger partial charge is 0.181 e. The molecule has 0 bridgehead atoms. The van der Waals surface area contributed by atoms with Crippen molar-refractivity contribution in [3.8, 4) is 11.4 Å². The maximum atomic E-state index is 14.7. The number of aromatic nitrogens is 4. The van der Waals surface area contributed by atoms with Gasteiger partial charge in [0.1, 0.15) is 11.5 Å². The normalized spacial score (nSPS) is 18.9. The van der Waals surface area contributed by atoms with Gasteiger partial charge in [-0.05, 0) is 55.5 Å². The summed E-state index contributed by atoms with van der Waals surface area (Å²) in [4.78, 5) is 11.2. The fourth-order valence-corrected chi connectivity index (χ4v) is 4.68. The number of fused-ring (bicyclic) bond motifs is 1. The van der Waals surface area contributed by atoms with E-state index in [-0.39, 0.29) is 11.2 Å². The average Bonchev–Trinajstić information content (AvgIpc) is 3.12. The van der Waals surface area contributed by atoms with Crippen LogP contribution in [0.4, 0.5) is 10.2 Å². The Bertz CT molecular complexity index is 992. The van der Waals surface area contributed by atoms with Crippen molar-refractivity contribution in [1.82, 2.24) is 25.5 Å². The van der Waals surface area contributed by atoms with Crippen LogP contribution in [-0.2, 0) is 0 Å². The van der Waals surface area contributed by atoms with Crippen molar-refractivity contribution in [1.29, 1.82) is 0 Å². The number of halogens is 1. The van der Waals surface area contributed by atoms with Gasteiger partial charge < -0.3 is 10.2 Å². The van der Waals surface area contributed by atoms with Crippen LogP contribution in [0.2, 0.25) is 0 Å². The van der Waals surface area contributed by atoms with E-state index in [4.69, 9.17) is 4.98 Å². The van der Waals surface area contributed by atoms with Gasteiger partial charge in [0.25, 0.3) is 0 Å².